The van der Waals surface area contributed by atoms with Crippen molar-refractivity contribution in [2.45, 2.75) is 18.4 Å². The van der Waals surface area contributed by atoms with Gasteiger partial charge in [0, 0.05) is 0 Å². The Morgan fingerprint density at radius 1 is 1.25 bits per heavy atom. The monoisotopic (exact) mass is 281 g/mol. The predicted molar refractivity (Wildman–Crippen MR) is 76.6 cm³/mol. The molecule has 1 aromatic carbocycles. The lowest BCUT2D eigenvalue weighted by Crippen LogP contribution is -2.53. The van der Waals surface area contributed by atoms with Crippen LogP contribution in [0.25, 0.3) is 0 Å². The number of hydrogen-bond donors (Lipinski definition) is 2. The maximum atomic E-state index is 9.71. The molecule has 0 aliphatic heterocycles. The van der Waals surface area contributed by atoms with Crippen molar-refractivity contribution in [1.82, 2.24) is 5.32 Å². The SMILES string of the molecule is CNC(CO)(COc1c(OC)cccc1OC)C1CC1. The Balaban J connectivity index is 2.17. The number of aliphatic hydroxyl groups excluding tert-OH is 1. The van der Waals surface area contributed by atoms with Gasteiger partial charge in [0.05, 0.1) is 26.4 Å². The molecular formula is C15H23NO4. The fourth-order valence-electron chi connectivity index (χ4n) is 2.44. The second-order valence-corrected chi connectivity index (χ2v) is 5.12. The fourth-order valence-corrected chi connectivity index (χ4v) is 2.44. The van der Waals surface area contributed by atoms with E-state index in [-0.39, 0.29) is 6.61 Å². The molecule has 0 spiro atoms. The first-order valence-corrected chi connectivity index (χ1v) is 6.84. The van der Waals surface area contributed by atoms with E-state index in [2.05, 4.69) is 5.32 Å². The largest absolute Gasteiger partial charge is 0.493 e. The quantitative estimate of drug-likeness (QED) is 0.755. The standard InChI is InChI=1S/C15H23NO4/c1-16-15(9-17,11-7-8-11)10-20-14-12(18-2)5-4-6-13(14)19-3/h4-6,11,16-17H,7-10H2,1-3H3. The number of likely N-dealkylation sites (N-methyl/N-ethyl adjacent to an activating group) is 1. The third-order valence-corrected chi connectivity index (χ3v) is 4.00. The average Bonchev–Trinajstić information content (AvgIpc) is 3.34. The van der Waals surface area contributed by atoms with Crippen LogP contribution < -0.4 is 19.5 Å². The van der Waals surface area contributed by atoms with E-state index in [9.17, 15) is 5.11 Å². The maximum absolute atomic E-state index is 9.71. The summed E-state index contributed by atoms with van der Waals surface area (Å²) >= 11 is 0. The van der Waals surface area contributed by atoms with Gasteiger partial charge in [-0.2, -0.15) is 0 Å². The van der Waals surface area contributed by atoms with E-state index in [1.54, 1.807) is 14.2 Å². The summed E-state index contributed by atoms with van der Waals surface area (Å²) in [6.45, 7) is 0.424. The number of nitrogens with one attached hydrogen (secondary N) is 1. The fraction of sp³-hybridized carbons (Fsp3) is 0.600. The average molecular weight is 281 g/mol. The van der Waals surface area contributed by atoms with Crippen molar-refractivity contribution in [2.24, 2.45) is 5.92 Å². The molecule has 2 N–H and O–H groups in total. The lowest BCUT2D eigenvalue weighted by Gasteiger charge is -2.32. The van der Waals surface area contributed by atoms with Crippen LogP contribution >= 0.6 is 0 Å². The van der Waals surface area contributed by atoms with Gasteiger partial charge in [0.15, 0.2) is 11.5 Å². The van der Waals surface area contributed by atoms with Crippen molar-refractivity contribution in [1.29, 1.82) is 0 Å². The number of para-hydroxylation sites is 1. The molecule has 1 unspecified atom stereocenters. The topological polar surface area (TPSA) is 60.0 Å². The number of methoxy groups -OCH3 is 2. The van der Waals surface area contributed by atoms with Crippen molar-refractivity contribution in [2.75, 3.05) is 34.5 Å². The van der Waals surface area contributed by atoms with E-state index < -0.39 is 5.54 Å². The third kappa shape index (κ3) is 2.83. The Kier molecular flexibility index (Phi) is 4.73. The van der Waals surface area contributed by atoms with Crippen LogP contribution in [0.1, 0.15) is 12.8 Å². The Morgan fingerprint density at radius 2 is 1.85 bits per heavy atom. The number of ether oxygens (including phenoxy) is 3. The zero-order valence-corrected chi connectivity index (χ0v) is 12.3. The smallest absolute Gasteiger partial charge is 0.203 e. The molecule has 1 fully saturated rings. The second-order valence-electron chi connectivity index (χ2n) is 5.12. The summed E-state index contributed by atoms with van der Waals surface area (Å²) < 4.78 is 16.5. The molecule has 2 rings (SSSR count). The van der Waals surface area contributed by atoms with Crippen molar-refractivity contribution < 1.29 is 19.3 Å². The summed E-state index contributed by atoms with van der Waals surface area (Å²) in [6, 6.07) is 5.51. The minimum atomic E-state index is -0.397. The highest BCUT2D eigenvalue weighted by molar-refractivity contribution is 5.51. The van der Waals surface area contributed by atoms with Crippen molar-refractivity contribution in [3.8, 4) is 17.2 Å². The molecule has 5 nitrogen and oxygen atoms in total. The van der Waals surface area contributed by atoms with Crippen LogP contribution in [0.4, 0.5) is 0 Å². The molecule has 0 saturated heterocycles. The normalized spacial score (nSPS) is 17.4. The lowest BCUT2D eigenvalue weighted by molar-refractivity contribution is 0.0884. The highest BCUT2D eigenvalue weighted by atomic mass is 16.5. The van der Waals surface area contributed by atoms with Crippen LogP contribution in [0, 0.1) is 5.92 Å². The summed E-state index contributed by atoms with van der Waals surface area (Å²) in [6.07, 6.45) is 2.24. The zero-order valence-electron chi connectivity index (χ0n) is 12.3. The van der Waals surface area contributed by atoms with Gasteiger partial charge in [-0.25, -0.2) is 0 Å². The van der Waals surface area contributed by atoms with Gasteiger partial charge in [0.2, 0.25) is 5.75 Å². The first-order valence-electron chi connectivity index (χ1n) is 6.84. The molecular weight excluding hydrogens is 258 g/mol. The Hall–Kier alpha value is -1.46. The molecule has 1 atom stereocenters. The molecule has 1 saturated carbocycles. The Morgan fingerprint density at radius 3 is 2.25 bits per heavy atom. The second kappa shape index (κ2) is 6.33. The van der Waals surface area contributed by atoms with E-state index in [1.165, 1.54) is 0 Å². The first-order chi connectivity index (χ1) is 9.70. The number of benzene rings is 1. The summed E-state index contributed by atoms with van der Waals surface area (Å²) in [5.74, 6) is 2.29. The third-order valence-electron chi connectivity index (χ3n) is 4.00. The van der Waals surface area contributed by atoms with Crippen LogP contribution in [0.5, 0.6) is 17.2 Å². The molecule has 5 heteroatoms. The van der Waals surface area contributed by atoms with Crippen molar-refractivity contribution in [3.05, 3.63) is 18.2 Å². The molecule has 20 heavy (non-hydrogen) atoms. The summed E-state index contributed by atoms with van der Waals surface area (Å²) in [7, 11) is 5.05. The van der Waals surface area contributed by atoms with E-state index in [0.717, 1.165) is 12.8 Å². The minimum Gasteiger partial charge on any atom is -0.493 e. The maximum Gasteiger partial charge on any atom is 0.203 e. The van der Waals surface area contributed by atoms with Gasteiger partial charge in [0.1, 0.15) is 6.61 Å². The molecule has 112 valence electrons. The van der Waals surface area contributed by atoms with Crippen molar-refractivity contribution in [3.63, 3.8) is 0 Å². The van der Waals surface area contributed by atoms with E-state index in [4.69, 9.17) is 14.2 Å². The molecule has 1 aliphatic rings. The van der Waals surface area contributed by atoms with Gasteiger partial charge < -0.3 is 24.6 Å². The summed E-state index contributed by atoms with van der Waals surface area (Å²) in [5.41, 5.74) is -0.397. The van der Waals surface area contributed by atoms with Crippen LogP contribution in [-0.2, 0) is 0 Å². The Labute approximate surface area is 119 Å². The highest BCUT2D eigenvalue weighted by Gasteiger charge is 2.44. The molecule has 0 bridgehead atoms. The highest BCUT2D eigenvalue weighted by Crippen LogP contribution is 2.42. The summed E-state index contributed by atoms with van der Waals surface area (Å²) in [5, 5.41) is 12.9. The lowest BCUT2D eigenvalue weighted by atomic mass is 9.95. The van der Waals surface area contributed by atoms with E-state index in [0.29, 0.717) is 29.8 Å². The molecule has 0 aromatic heterocycles. The van der Waals surface area contributed by atoms with Gasteiger partial charge in [-0.1, -0.05) is 6.07 Å². The molecule has 0 heterocycles. The predicted octanol–water partition coefficient (Wildman–Crippen LogP) is 1.44. The molecule has 1 aliphatic carbocycles. The number of aliphatic hydroxyl groups is 1. The molecule has 0 amide bonds. The molecule has 1 aromatic rings. The van der Waals surface area contributed by atoms with Crippen LogP contribution in [0.2, 0.25) is 0 Å². The van der Waals surface area contributed by atoms with Gasteiger partial charge in [-0.05, 0) is 37.9 Å². The van der Waals surface area contributed by atoms with Crippen LogP contribution in [0.3, 0.4) is 0 Å². The number of hydrogen-bond acceptors (Lipinski definition) is 5. The number of rotatable bonds is 8. The summed E-state index contributed by atoms with van der Waals surface area (Å²) in [4.78, 5) is 0. The first kappa shape index (κ1) is 14.9. The van der Waals surface area contributed by atoms with Crippen molar-refractivity contribution >= 4 is 0 Å². The van der Waals surface area contributed by atoms with Gasteiger partial charge in [0.25, 0.3) is 0 Å². The van der Waals surface area contributed by atoms with Crippen LogP contribution in [-0.4, -0.2) is 45.1 Å². The molecule has 0 radical (unpaired) electrons. The van der Waals surface area contributed by atoms with Gasteiger partial charge >= 0.3 is 0 Å². The van der Waals surface area contributed by atoms with Gasteiger partial charge in [-0.3, -0.25) is 0 Å². The van der Waals surface area contributed by atoms with Gasteiger partial charge in [-0.15, -0.1) is 0 Å². The Bertz CT molecular complexity index is 419. The zero-order chi connectivity index (χ0) is 14.6. The minimum absolute atomic E-state index is 0.0473. The van der Waals surface area contributed by atoms with E-state index >= 15 is 0 Å². The van der Waals surface area contributed by atoms with E-state index in [1.807, 2.05) is 25.2 Å². The van der Waals surface area contributed by atoms with Crippen LogP contribution in [0.15, 0.2) is 18.2 Å².